The minimum Gasteiger partial charge on any atom is -0.491 e. The molecule has 35 heavy (non-hydrogen) atoms. The number of hydrogen-bond donors (Lipinski definition) is 1. The minimum absolute atomic E-state index is 0.243. The molecule has 0 bridgehead atoms. The third kappa shape index (κ3) is 5.83. The molecule has 2 aromatic heterocycles. The topological polar surface area (TPSA) is 112 Å². The quantitative estimate of drug-likeness (QED) is 0.398. The second-order valence-electron chi connectivity index (χ2n) is 8.61. The Morgan fingerprint density at radius 1 is 1.14 bits per heavy atom. The highest BCUT2D eigenvalue weighted by Crippen LogP contribution is 2.25. The van der Waals surface area contributed by atoms with Crippen molar-refractivity contribution in [3.63, 3.8) is 0 Å². The van der Waals surface area contributed by atoms with Gasteiger partial charge in [0.15, 0.2) is 0 Å². The first-order chi connectivity index (χ1) is 17.1. The van der Waals surface area contributed by atoms with Crippen LogP contribution in [0.2, 0.25) is 0 Å². The molecule has 180 valence electrons. The monoisotopic (exact) mass is 490 g/mol. The van der Waals surface area contributed by atoms with Gasteiger partial charge in [-0.05, 0) is 31.2 Å². The lowest BCUT2D eigenvalue weighted by Gasteiger charge is -2.34. The predicted octanol–water partition coefficient (Wildman–Crippen LogP) is 3.08. The molecule has 0 amide bonds. The fourth-order valence-corrected chi connectivity index (χ4v) is 4.95. The molecule has 1 unspecified atom stereocenters. The van der Waals surface area contributed by atoms with Crippen molar-refractivity contribution in [1.29, 1.82) is 5.26 Å². The fraction of sp³-hybridized carbons (Fsp3) is 0.360. The Morgan fingerprint density at radius 3 is 2.80 bits per heavy atom. The number of thiazole rings is 1. The van der Waals surface area contributed by atoms with Crippen LogP contribution in [0.25, 0.3) is 21.6 Å². The van der Waals surface area contributed by atoms with Crippen LogP contribution in [0.3, 0.4) is 0 Å². The van der Waals surface area contributed by atoms with Gasteiger partial charge in [0.05, 0.1) is 33.4 Å². The van der Waals surface area contributed by atoms with Gasteiger partial charge in [0.1, 0.15) is 18.5 Å². The molecule has 5 rings (SSSR count). The molecular formula is C25H26N6O3S. The number of aliphatic hydroxyl groups excluding tert-OH is 1. The summed E-state index contributed by atoms with van der Waals surface area (Å²) in [7, 11) is 0. The molecule has 0 aliphatic carbocycles. The summed E-state index contributed by atoms with van der Waals surface area (Å²) in [5.41, 5.74) is 2.26. The number of fused-ring (bicyclic) bond motifs is 1. The zero-order valence-electron chi connectivity index (χ0n) is 19.4. The van der Waals surface area contributed by atoms with Crippen LogP contribution in [0.5, 0.6) is 5.75 Å². The van der Waals surface area contributed by atoms with Gasteiger partial charge in [-0.1, -0.05) is 17.3 Å². The Morgan fingerprint density at radius 2 is 1.97 bits per heavy atom. The number of aliphatic hydroxyl groups is 1. The Hall–Kier alpha value is -3.36. The molecule has 10 heteroatoms. The van der Waals surface area contributed by atoms with Crippen LogP contribution < -0.4 is 4.74 Å². The van der Waals surface area contributed by atoms with Gasteiger partial charge in [0, 0.05) is 44.4 Å². The van der Waals surface area contributed by atoms with E-state index >= 15 is 0 Å². The van der Waals surface area contributed by atoms with Crippen molar-refractivity contribution >= 4 is 21.6 Å². The molecule has 1 saturated heterocycles. The van der Waals surface area contributed by atoms with Crippen LogP contribution in [0.1, 0.15) is 16.5 Å². The molecule has 1 fully saturated rings. The first-order valence-corrected chi connectivity index (χ1v) is 12.3. The standard InChI is InChI=1S/C25H26N6O3S/c1-17-27-22-12-21(5-6-23(22)35-17)33-16-20(32)14-30-7-9-31(10-8-30)15-24-28-25(29-34-24)19-4-2-3-18(11-19)13-26/h2-6,11-12,20,32H,7-10,14-16H2,1H3. The van der Waals surface area contributed by atoms with Gasteiger partial charge in [-0.2, -0.15) is 10.2 Å². The summed E-state index contributed by atoms with van der Waals surface area (Å²) < 4.78 is 12.4. The van der Waals surface area contributed by atoms with Gasteiger partial charge >= 0.3 is 0 Å². The second-order valence-corrected chi connectivity index (χ2v) is 9.84. The molecule has 9 nitrogen and oxygen atoms in total. The Kier molecular flexibility index (Phi) is 7.01. The van der Waals surface area contributed by atoms with Crippen molar-refractivity contribution in [1.82, 2.24) is 24.9 Å². The zero-order valence-corrected chi connectivity index (χ0v) is 20.2. The SMILES string of the molecule is Cc1nc2cc(OCC(O)CN3CCN(Cc4nc(-c5cccc(C#N)c5)no4)CC3)ccc2s1. The number of benzene rings is 2. The van der Waals surface area contributed by atoms with Crippen molar-refractivity contribution in [2.75, 3.05) is 39.3 Å². The van der Waals surface area contributed by atoms with Crippen LogP contribution in [0, 0.1) is 18.3 Å². The number of nitriles is 1. The van der Waals surface area contributed by atoms with E-state index in [1.165, 1.54) is 0 Å². The number of aromatic nitrogens is 3. The maximum atomic E-state index is 10.5. The molecular weight excluding hydrogens is 464 g/mol. The Labute approximate surface area is 207 Å². The highest BCUT2D eigenvalue weighted by Gasteiger charge is 2.21. The number of aryl methyl sites for hydroxylation is 1. The average molecular weight is 491 g/mol. The second kappa shape index (κ2) is 10.5. The Bertz CT molecular complexity index is 1340. The maximum absolute atomic E-state index is 10.5. The molecule has 4 aromatic rings. The van der Waals surface area contributed by atoms with E-state index in [4.69, 9.17) is 14.5 Å². The molecule has 0 spiro atoms. The summed E-state index contributed by atoms with van der Waals surface area (Å²) in [6.45, 7) is 6.73. The third-order valence-corrected chi connectivity index (χ3v) is 6.87. The van der Waals surface area contributed by atoms with E-state index in [0.29, 0.717) is 30.4 Å². The number of β-amino-alcohol motifs (C(OH)–C–C–N with tert-alkyl or cyclic N) is 1. The largest absolute Gasteiger partial charge is 0.491 e. The van der Waals surface area contributed by atoms with E-state index in [1.54, 1.807) is 23.5 Å². The summed E-state index contributed by atoms with van der Waals surface area (Å²) in [6, 6.07) is 15.2. The fourth-order valence-electron chi connectivity index (χ4n) is 4.14. The summed E-state index contributed by atoms with van der Waals surface area (Å²) >= 11 is 1.66. The molecule has 1 atom stereocenters. The van der Waals surface area contributed by atoms with Crippen LogP contribution in [-0.2, 0) is 6.54 Å². The van der Waals surface area contributed by atoms with Crippen LogP contribution in [-0.4, -0.2) is 75.5 Å². The van der Waals surface area contributed by atoms with Gasteiger partial charge in [-0.15, -0.1) is 11.3 Å². The normalized spacial score (nSPS) is 15.8. The van der Waals surface area contributed by atoms with Crippen molar-refractivity contribution in [3.8, 4) is 23.2 Å². The van der Waals surface area contributed by atoms with Gasteiger partial charge < -0.3 is 14.4 Å². The van der Waals surface area contributed by atoms with E-state index in [0.717, 1.165) is 52.7 Å². The van der Waals surface area contributed by atoms with Crippen LogP contribution >= 0.6 is 11.3 Å². The average Bonchev–Trinajstić information content (AvgIpc) is 3.49. The number of nitrogens with zero attached hydrogens (tertiary/aromatic N) is 6. The number of rotatable bonds is 8. The summed E-state index contributed by atoms with van der Waals surface area (Å²) in [4.78, 5) is 13.5. The summed E-state index contributed by atoms with van der Waals surface area (Å²) in [6.07, 6.45) is -0.572. The highest BCUT2D eigenvalue weighted by molar-refractivity contribution is 7.18. The smallest absolute Gasteiger partial charge is 0.241 e. The lowest BCUT2D eigenvalue weighted by Crippen LogP contribution is -2.48. The van der Waals surface area contributed by atoms with Crippen LogP contribution in [0.15, 0.2) is 47.0 Å². The van der Waals surface area contributed by atoms with Crippen molar-refractivity contribution < 1.29 is 14.4 Å². The number of hydrogen-bond acceptors (Lipinski definition) is 10. The third-order valence-electron chi connectivity index (χ3n) is 5.92. The van der Waals surface area contributed by atoms with Crippen molar-refractivity contribution in [2.24, 2.45) is 0 Å². The minimum atomic E-state index is -0.572. The predicted molar refractivity (Wildman–Crippen MR) is 132 cm³/mol. The van der Waals surface area contributed by atoms with E-state index in [9.17, 15) is 5.11 Å². The number of piperazine rings is 1. The summed E-state index contributed by atoms with van der Waals surface area (Å²) in [5, 5.41) is 24.6. The first-order valence-electron chi connectivity index (χ1n) is 11.5. The van der Waals surface area contributed by atoms with Gasteiger partial charge in [0.2, 0.25) is 11.7 Å². The highest BCUT2D eigenvalue weighted by atomic mass is 32.1. The van der Waals surface area contributed by atoms with Gasteiger partial charge in [-0.3, -0.25) is 9.80 Å². The van der Waals surface area contributed by atoms with Gasteiger partial charge in [-0.25, -0.2) is 4.98 Å². The summed E-state index contributed by atoms with van der Waals surface area (Å²) in [5.74, 6) is 1.77. The van der Waals surface area contributed by atoms with Gasteiger partial charge in [0.25, 0.3) is 0 Å². The first kappa shape index (κ1) is 23.4. The molecule has 3 heterocycles. The van der Waals surface area contributed by atoms with E-state index < -0.39 is 6.10 Å². The molecule has 2 aromatic carbocycles. The van der Waals surface area contributed by atoms with Crippen molar-refractivity contribution in [3.05, 3.63) is 58.9 Å². The zero-order chi connectivity index (χ0) is 24.2. The maximum Gasteiger partial charge on any atom is 0.241 e. The van der Waals surface area contributed by atoms with E-state index in [1.807, 2.05) is 37.3 Å². The molecule has 0 radical (unpaired) electrons. The molecule has 0 saturated carbocycles. The molecule has 1 aliphatic heterocycles. The molecule has 1 N–H and O–H groups in total. The van der Waals surface area contributed by atoms with E-state index in [-0.39, 0.29) is 6.61 Å². The van der Waals surface area contributed by atoms with Crippen LogP contribution in [0.4, 0.5) is 0 Å². The Balaban J connectivity index is 1.06. The number of ether oxygens (including phenoxy) is 1. The van der Waals surface area contributed by atoms with E-state index in [2.05, 4.69) is 31.0 Å². The lowest BCUT2D eigenvalue weighted by atomic mass is 10.1. The molecule has 1 aliphatic rings. The van der Waals surface area contributed by atoms with Crippen molar-refractivity contribution in [2.45, 2.75) is 19.6 Å². The lowest BCUT2D eigenvalue weighted by molar-refractivity contribution is 0.0426.